The van der Waals surface area contributed by atoms with E-state index in [2.05, 4.69) is 20.7 Å². The Bertz CT molecular complexity index is 997. The minimum atomic E-state index is -0.404. The molecule has 0 spiro atoms. The summed E-state index contributed by atoms with van der Waals surface area (Å²) in [5.74, 6) is 1.50. The number of aromatic nitrogens is 2. The maximum absolute atomic E-state index is 12.3. The zero-order valence-corrected chi connectivity index (χ0v) is 15.7. The Morgan fingerprint density at radius 2 is 1.86 bits per heavy atom. The maximum Gasteiger partial charge on any atom is 0.289 e. The van der Waals surface area contributed by atoms with Gasteiger partial charge in [0.15, 0.2) is 11.5 Å². The van der Waals surface area contributed by atoms with E-state index < -0.39 is 5.91 Å². The van der Waals surface area contributed by atoms with Gasteiger partial charge in [-0.3, -0.25) is 9.89 Å². The molecule has 0 atom stereocenters. The van der Waals surface area contributed by atoms with Crippen molar-refractivity contribution in [1.82, 2.24) is 15.6 Å². The van der Waals surface area contributed by atoms with Gasteiger partial charge in [0, 0.05) is 5.56 Å². The van der Waals surface area contributed by atoms with Gasteiger partial charge < -0.3 is 14.2 Å². The number of nitrogens with zero attached hydrogens (tertiary/aromatic N) is 2. The molecule has 8 nitrogen and oxygen atoms in total. The zero-order valence-electron chi connectivity index (χ0n) is 15.7. The number of nitrogens with one attached hydrogen (secondary N) is 2. The molecule has 8 heteroatoms. The maximum atomic E-state index is 12.3. The number of hydrogen-bond donors (Lipinski definition) is 2. The molecular weight excluding hydrogens is 360 g/mol. The lowest BCUT2D eigenvalue weighted by Crippen LogP contribution is -2.18. The predicted molar refractivity (Wildman–Crippen MR) is 105 cm³/mol. The largest absolute Gasteiger partial charge is 0.497 e. The molecule has 0 fully saturated rings. The summed E-state index contributed by atoms with van der Waals surface area (Å²) in [5, 5.41) is 10.8. The summed E-state index contributed by atoms with van der Waals surface area (Å²) in [6.45, 7) is 0. The van der Waals surface area contributed by atoms with Crippen LogP contribution in [0, 0.1) is 0 Å². The van der Waals surface area contributed by atoms with Crippen molar-refractivity contribution in [2.75, 3.05) is 21.3 Å². The normalized spacial score (nSPS) is 10.7. The SMILES string of the molecule is COc1cccc(-c2cc(C(=O)N/N=C/c3ccc(OC)c(OC)c3)[nH]n2)c1. The summed E-state index contributed by atoms with van der Waals surface area (Å²) < 4.78 is 15.6. The Morgan fingerprint density at radius 3 is 2.61 bits per heavy atom. The monoisotopic (exact) mass is 380 g/mol. The molecule has 0 aliphatic carbocycles. The average molecular weight is 380 g/mol. The van der Waals surface area contributed by atoms with Crippen LogP contribution >= 0.6 is 0 Å². The number of methoxy groups -OCH3 is 3. The third-order valence-electron chi connectivity index (χ3n) is 3.98. The van der Waals surface area contributed by atoms with Gasteiger partial charge in [0.25, 0.3) is 5.91 Å². The number of amides is 1. The van der Waals surface area contributed by atoms with Gasteiger partial charge in [-0.2, -0.15) is 10.2 Å². The molecule has 0 saturated heterocycles. The number of hydrogen-bond acceptors (Lipinski definition) is 6. The summed E-state index contributed by atoms with van der Waals surface area (Å²) >= 11 is 0. The highest BCUT2D eigenvalue weighted by molar-refractivity contribution is 5.94. The molecule has 2 aromatic carbocycles. The molecule has 1 aromatic heterocycles. The molecule has 0 saturated carbocycles. The predicted octanol–water partition coefficient (Wildman–Crippen LogP) is 2.87. The minimum Gasteiger partial charge on any atom is -0.497 e. The van der Waals surface area contributed by atoms with Gasteiger partial charge in [0.2, 0.25) is 0 Å². The van der Waals surface area contributed by atoms with E-state index in [0.29, 0.717) is 28.6 Å². The topological polar surface area (TPSA) is 97.8 Å². The molecule has 2 N–H and O–H groups in total. The first-order valence-electron chi connectivity index (χ1n) is 8.40. The van der Waals surface area contributed by atoms with Crippen LogP contribution in [0.25, 0.3) is 11.3 Å². The summed E-state index contributed by atoms with van der Waals surface area (Å²) in [7, 11) is 4.72. The highest BCUT2D eigenvalue weighted by Gasteiger charge is 2.11. The molecule has 28 heavy (non-hydrogen) atoms. The molecule has 1 amide bonds. The van der Waals surface area contributed by atoms with Crippen LogP contribution < -0.4 is 19.6 Å². The molecular formula is C20H20N4O4. The molecule has 0 aliphatic rings. The summed E-state index contributed by atoms with van der Waals surface area (Å²) in [6, 6.07) is 14.4. The van der Waals surface area contributed by atoms with Crippen LogP contribution in [-0.2, 0) is 0 Å². The van der Waals surface area contributed by atoms with E-state index in [9.17, 15) is 4.79 Å². The van der Waals surface area contributed by atoms with Crippen LogP contribution in [0.5, 0.6) is 17.2 Å². The quantitative estimate of drug-likeness (QED) is 0.485. The van der Waals surface area contributed by atoms with Gasteiger partial charge >= 0.3 is 0 Å². The van der Waals surface area contributed by atoms with Gasteiger partial charge in [0.05, 0.1) is 33.2 Å². The molecule has 0 aliphatic heterocycles. The Hall–Kier alpha value is -3.81. The van der Waals surface area contributed by atoms with Crippen molar-refractivity contribution in [3.63, 3.8) is 0 Å². The van der Waals surface area contributed by atoms with Crippen LogP contribution in [0.4, 0.5) is 0 Å². The van der Waals surface area contributed by atoms with E-state index in [1.165, 1.54) is 6.21 Å². The van der Waals surface area contributed by atoms with Crippen LogP contribution in [0.2, 0.25) is 0 Å². The molecule has 144 valence electrons. The number of aromatic amines is 1. The summed E-state index contributed by atoms with van der Waals surface area (Å²) in [6.07, 6.45) is 1.51. The fourth-order valence-electron chi connectivity index (χ4n) is 2.53. The third-order valence-corrected chi connectivity index (χ3v) is 3.98. The standard InChI is InChI=1S/C20H20N4O4/c1-26-15-6-4-5-14(10-15)16-11-17(23-22-16)20(25)24-21-12-13-7-8-18(27-2)19(9-13)28-3/h4-12H,1-3H3,(H,22,23)(H,24,25)/b21-12+. The fourth-order valence-corrected chi connectivity index (χ4v) is 2.53. The lowest BCUT2D eigenvalue weighted by molar-refractivity contribution is 0.0950. The van der Waals surface area contributed by atoms with Crippen LogP contribution in [0.15, 0.2) is 53.6 Å². The number of carbonyl (C=O) groups excluding carboxylic acids is 1. The van der Waals surface area contributed by atoms with E-state index in [0.717, 1.165) is 11.1 Å². The van der Waals surface area contributed by atoms with Gasteiger partial charge in [0.1, 0.15) is 11.4 Å². The van der Waals surface area contributed by atoms with E-state index in [1.54, 1.807) is 45.6 Å². The lowest BCUT2D eigenvalue weighted by Gasteiger charge is -2.07. The Balaban J connectivity index is 1.67. The number of H-pyrrole nitrogens is 1. The molecule has 0 bridgehead atoms. The summed E-state index contributed by atoms with van der Waals surface area (Å²) in [5.41, 5.74) is 4.98. The van der Waals surface area contributed by atoms with Gasteiger partial charge in [-0.25, -0.2) is 5.43 Å². The minimum absolute atomic E-state index is 0.294. The zero-order chi connectivity index (χ0) is 19.9. The van der Waals surface area contributed by atoms with Crippen molar-refractivity contribution in [1.29, 1.82) is 0 Å². The van der Waals surface area contributed by atoms with Gasteiger partial charge in [-0.05, 0) is 42.0 Å². The average Bonchev–Trinajstić information content (AvgIpc) is 3.24. The highest BCUT2D eigenvalue weighted by atomic mass is 16.5. The van der Waals surface area contributed by atoms with Crippen molar-refractivity contribution in [2.24, 2.45) is 5.10 Å². The number of ether oxygens (including phenoxy) is 3. The van der Waals surface area contributed by atoms with Crippen LogP contribution in [-0.4, -0.2) is 43.6 Å². The first-order chi connectivity index (χ1) is 13.6. The van der Waals surface area contributed by atoms with Gasteiger partial charge in [-0.1, -0.05) is 12.1 Å². The number of carbonyl (C=O) groups is 1. The van der Waals surface area contributed by atoms with Crippen molar-refractivity contribution in [3.05, 3.63) is 59.8 Å². The van der Waals surface area contributed by atoms with E-state index >= 15 is 0 Å². The highest BCUT2D eigenvalue weighted by Crippen LogP contribution is 2.27. The second-order valence-electron chi connectivity index (χ2n) is 5.71. The second kappa shape index (κ2) is 8.72. The van der Waals surface area contributed by atoms with E-state index in [1.807, 2.05) is 24.3 Å². The molecule has 0 unspecified atom stereocenters. The third kappa shape index (κ3) is 4.29. The van der Waals surface area contributed by atoms with E-state index in [-0.39, 0.29) is 0 Å². The molecule has 3 rings (SSSR count). The number of rotatable bonds is 7. The van der Waals surface area contributed by atoms with Crippen molar-refractivity contribution in [3.8, 4) is 28.5 Å². The Labute approximate surface area is 162 Å². The van der Waals surface area contributed by atoms with Crippen LogP contribution in [0.1, 0.15) is 16.1 Å². The smallest absolute Gasteiger partial charge is 0.289 e. The fraction of sp³-hybridized carbons (Fsp3) is 0.150. The lowest BCUT2D eigenvalue weighted by atomic mass is 10.1. The first kappa shape index (κ1) is 19.0. The van der Waals surface area contributed by atoms with E-state index in [4.69, 9.17) is 14.2 Å². The second-order valence-corrected chi connectivity index (χ2v) is 5.71. The number of benzene rings is 2. The number of hydrazone groups is 1. The van der Waals surface area contributed by atoms with Crippen molar-refractivity contribution >= 4 is 12.1 Å². The first-order valence-corrected chi connectivity index (χ1v) is 8.40. The molecule has 0 radical (unpaired) electrons. The molecule has 1 heterocycles. The molecule has 3 aromatic rings. The Kier molecular flexibility index (Phi) is 5.91. The van der Waals surface area contributed by atoms with Crippen molar-refractivity contribution < 1.29 is 19.0 Å². The van der Waals surface area contributed by atoms with Gasteiger partial charge in [-0.15, -0.1) is 0 Å². The van der Waals surface area contributed by atoms with Crippen molar-refractivity contribution in [2.45, 2.75) is 0 Å². The Morgan fingerprint density at radius 1 is 1.04 bits per heavy atom. The van der Waals surface area contributed by atoms with Crippen LogP contribution in [0.3, 0.4) is 0 Å². The summed E-state index contributed by atoms with van der Waals surface area (Å²) in [4.78, 5) is 12.3.